The maximum atomic E-state index is 13.4. The number of carbonyl (C=O) groups excluding carboxylic acids is 1. The number of carbonyl (C=O) groups is 1. The van der Waals surface area contributed by atoms with E-state index in [0.29, 0.717) is 29.4 Å². The minimum absolute atomic E-state index is 0.187. The van der Waals surface area contributed by atoms with Gasteiger partial charge in [0.2, 0.25) is 11.8 Å². The number of hydrogen-bond donors (Lipinski definition) is 1. The fourth-order valence-electron chi connectivity index (χ4n) is 1.72. The highest BCUT2D eigenvalue weighted by molar-refractivity contribution is 5.90. The number of hydrogen-bond acceptors (Lipinski definition) is 4. The second-order valence-corrected chi connectivity index (χ2v) is 5.21. The molecule has 1 aromatic carbocycles. The zero-order chi connectivity index (χ0) is 15.4. The number of aromatic nitrogens is 2. The van der Waals surface area contributed by atoms with Gasteiger partial charge in [-0.15, -0.1) is 0 Å². The number of benzene rings is 1. The zero-order valence-electron chi connectivity index (χ0n) is 12.3. The lowest BCUT2D eigenvalue weighted by Crippen LogP contribution is -2.12. The van der Waals surface area contributed by atoms with Crippen molar-refractivity contribution in [1.29, 1.82) is 0 Å². The molecule has 2 rings (SSSR count). The van der Waals surface area contributed by atoms with E-state index in [4.69, 9.17) is 4.52 Å². The van der Waals surface area contributed by atoms with E-state index >= 15 is 0 Å². The fourth-order valence-corrected chi connectivity index (χ4v) is 1.72. The molecular weight excluding hydrogens is 273 g/mol. The number of nitrogens with one attached hydrogen (secondary N) is 1. The number of aryl methyl sites for hydroxylation is 2. The van der Waals surface area contributed by atoms with E-state index in [1.165, 1.54) is 6.07 Å². The lowest BCUT2D eigenvalue weighted by atomic mass is 10.2. The summed E-state index contributed by atoms with van der Waals surface area (Å²) in [6, 6.07) is 4.59. The monoisotopic (exact) mass is 291 g/mol. The van der Waals surface area contributed by atoms with Gasteiger partial charge in [0.15, 0.2) is 5.82 Å². The molecule has 0 saturated heterocycles. The molecule has 1 N–H and O–H groups in total. The molecule has 0 aliphatic rings. The molecule has 0 atom stereocenters. The highest BCUT2D eigenvalue weighted by Gasteiger charge is 2.11. The summed E-state index contributed by atoms with van der Waals surface area (Å²) in [5.41, 5.74) is 0.983. The largest absolute Gasteiger partial charge is 0.339 e. The Morgan fingerprint density at radius 1 is 1.43 bits per heavy atom. The Labute approximate surface area is 122 Å². The van der Waals surface area contributed by atoms with E-state index in [0.717, 1.165) is 0 Å². The molecule has 6 heteroatoms. The van der Waals surface area contributed by atoms with Crippen molar-refractivity contribution in [3.63, 3.8) is 0 Å². The molecular formula is C15H18FN3O2. The summed E-state index contributed by atoms with van der Waals surface area (Å²) < 4.78 is 18.4. The average Bonchev–Trinajstić information content (AvgIpc) is 2.90. The van der Waals surface area contributed by atoms with Gasteiger partial charge in [0, 0.05) is 24.4 Å². The molecule has 0 aliphatic heterocycles. The van der Waals surface area contributed by atoms with E-state index in [2.05, 4.69) is 15.5 Å². The number of rotatable bonds is 5. The predicted molar refractivity (Wildman–Crippen MR) is 76.5 cm³/mol. The summed E-state index contributed by atoms with van der Waals surface area (Å²) in [5, 5.41) is 6.47. The maximum absolute atomic E-state index is 13.4. The topological polar surface area (TPSA) is 68.0 Å². The number of halogens is 1. The third kappa shape index (κ3) is 4.11. The van der Waals surface area contributed by atoms with Crippen molar-refractivity contribution >= 4 is 11.6 Å². The minimum Gasteiger partial charge on any atom is -0.339 e. The Kier molecular flexibility index (Phi) is 4.67. The molecule has 112 valence electrons. The molecule has 0 bridgehead atoms. The first-order valence-corrected chi connectivity index (χ1v) is 6.84. The summed E-state index contributed by atoms with van der Waals surface area (Å²) in [6.07, 6.45) is 0.565. The van der Waals surface area contributed by atoms with Crippen LogP contribution in [0, 0.1) is 12.7 Å². The van der Waals surface area contributed by atoms with Crippen LogP contribution in [0.2, 0.25) is 0 Å². The van der Waals surface area contributed by atoms with Crippen LogP contribution < -0.4 is 5.32 Å². The van der Waals surface area contributed by atoms with Gasteiger partial charge in [-0.1, -0.05) is 25.1 Å². The van der Waals surface area contributed by atoms with E-state index in [1.807, 2.05) is 13.8 Å². The standard InChI is InChI=1S/C15H18FN3O2/c1-9(2)15-18-14(21-19-15)7-6-13(20)17-11-5-4-10(3)12(16)8-11/h4-5,8-9H,6-7H2,1-3H3,(H,17,20). The number of anilines is 1. The Bertz CT molecular complexity index is 638. The van der Waals surface area contributed by atoms with Crippen LogP contribution in [0.15, 0.2) is 22.7 Å². The maximum Gasteiger partial charge on any atom is 0.227 e. The van der Waals surface area contributed by atoms with Gasteiger partial charge < -0.3 is 9.84 Å². The van der Waals surface area contributed by atoms with Gasteiger partial charge in [-0.25, -0.2) is 4.39 Å². The van der Waals surface area contributed by atoms with Crippen LogP contribution in [0.5, 0.6) is 0 Å². The summed E-state index contributed by atoms with van der Waals surface area (Å²) in [5.74, 6) is 0.690. The minimum atomic E-state index is -0.341. The third-order valence-corrected chi connectivity index (χ3v) is 3.02. The second-order valence-electron chi connectivity index (χ2n) is 5.21. The third-order valence-electron chi connectivity index (χ3n) is 3.02. The summed E-state index contributed by atoms with van der Waals surface area (Å²) >= 11 is 0. The van der Waals surface area contributed by atoms with Crippen LogP contribution in [0.25, 0.3) is 0 Å². The molecule has 1 aromatic heterocycles. The van der Waals surface area contributed by atoms with E-state index in [1.54, 1.807) is 19.1 Å². The highest BCUT2D eigenvalue weighted by Crippen LogP contribution is 2.14. The average molecular weight is 291 g/mol. The lowest BCUT2D eigenvalue weighted by molar-refractivity contribution is -0.116. The van der Waals surface area contributed by atoms with Gasteiger partial charge in [0.1, 0.15) is 5.82 Å². The van der Waals surface area contributed by atoms with Crippen LogP contribution in [0.4, 0.5) is 10.1 Å². The van der Waals surface area contributed by atoms with Crippen LogP contribution in [0.3, 0.4) is 0 Å². The van der Waals surface area contributed by atoms with Crippen molar-refractivity contribution in [3.8, 4) is 0 Å². The van der Waals surface area contributed by atoms with Gasteiger partial charge in [-0.3, -0.25) is 4.79 Å². The number of nitrogens with zero attached hydrogens (tertiary/aromatic N) is 2. The molecule has 0 fully saturated rings. The summed E-state index contributed by atoms with van der Waals surface area (Å²) in [4.78, 5) is 16.0. The molecule has 0 radical (unpaired) electrons. The normalized spacial score (nSPS) is 10.9. The smallest absolute Gasteiger partial charge is 0.227 e. The molecule has 0 saturated carbocycles. The van der Waals surface area contributed by atoms with Crippen molar-refractivity contribution in [1.82, 2.24) is 10.1 Å². The molecule has 1 heterocycles. The number of amides is 1. The lowest BCUT2D eigenvalue weighted by Gasteiger charge is -2.05. The van der Waals surface area contributed by atoms with Crippen LogP contribution in [-0.2, 0) is 11.2 Å². The first-order valence-electron chi connectivity index (χ1n) is 6.84. The second kappa shape index (κ2) is 6.47. The van der Waals surface area contributed by atoms with Crippen molar-refractivity contribution in [3.05, 3.63) is 41.3 Å². The van der Waals surface area contributed by atoms with Gasteiger partial charge in [-0.2, -0.15) is 4.98 Å². The Morgan fingerprint density at radius 2 is 2.19 bits per heavy atom. The van der Waals surface area contributed by atoms with Crippen LogP contribution in [0.1, 0.15) is 43.5 Å². The van der Waals surface area contributed by atoms with Crippen molar-refractivity contribution < 1.29 is 13.7 Å². The quantitative estimate of drug-likeness (QED) is 0.918. The van der Waals surface area contributed by atoms with Crippen molar-refractivity contribution in [2.75, 3.05) is 5.32 Å². The molecule has 1 amide bonds. The van der Waals surface area contributed by atoms with Crippen molar-refractivity contribution in [2.45, 2.75) is 39.5 Å². The van der Waals surface area contributed by atoms with Gasteiger partial charge in [0.05, 0.1) is 0 Å². The molecule has 5 nitrogen and oxygen atoms in total. The molecule has 0 aliphatic carbocycles. The van der Waals surface area contributed by atoms with Gasteiger partial charge in [-0.05, 0) is 24.6 Å². The summed E-state index contributed by atoms with van der Waals surface area (Å²) in [6.45, 7) is 5.60. The first-order chi connectivity index (χ1) is 9.95. The Morgan fingerprint density at radius 3 is 2.81 bits per heavy atom. The molecule has 0 spiro atoms. The zero-order valence-corrected chi connectivity index (χ0v) is 12.3. The Balaban J connectivity index is 1.88. The van der Waals surface area contributed by atoms with E-state index in [9.17, 15) is 9.18 Å². The van der Waals surface area contributed by atoms with Crippen LogP contribution in [-0.4, -0.2) is 16.0 Å². The summed E-state index contributed by atoms with van der Waals surface area (Å²) in [7, 11) is 0. The fraction of sp³-hybridized carbons (Fsp3) is 0.400. The van der Waals surface area contributed by atoms with Crippen molar-refractivity contribution in [2.24, 2.45) is 0 Å². The van der Waals surface area contributed by atoms with Crippen LogP contribution >= 0.6 is 0 Å². The first kappa shape index (κ1) is 15.2. The predicted octanol–water partition coefficient (Wildman–Crippen LogP) is 3.21. The molecule has 0 unspecified atom stereocenters. The Hall–Kier alpha value is -2.24. The molecule has 2 aromatic rings. The highest BCUT2D eigenvalue weighted by atomic mass is 19.1. The van der Waals surface area contributed by atoms with E-state index in [-0.39, 0.29) is 24.1 Å². The van der Waals surface area contributed by atoms with E-state index < -0.39 is 0 Å². The molecule has 21 heavy (non-hydrogen) atoms. The van der Waals surface area contributed by atoms with Gasteiger partial charge >= 0.3 is 0 Å². The SMILES string of the molecule is Cc1ccc(NC(=O)CCc2nc(C(C)C)no2)cc1F. The van der Waals surface area contributed by atoms with Gasteiger partial charge in [0.25, 0.3) is 0 Å².